The van der Waals surface area contributed by atoms with Crippen molar-refractivity contribution in [2.75, 3.05) is 18.0 Å². The van der Waals surface area contributed by atoms with Crippen LogP contribution in [0.3, 0.4) is 0 Å². The summed E-state index contributed by atoms with van der Waals surface area (Å²) in [6, 6.07) is 6.82. The van der Waals surface area contributed by atoms with Crippen LogP contribution in [0.2, 0.25) is 5.02 Å². The second-order valence-corrected chi connectivity index (χ2v) is 7.70. The lowest BCUT2D eigenvalue weighted by molar-refractivity contribution is -0.128. The molecular weight excluding hydrogens is 338 g/mol. The molecule has 1 saturated carbocycles. The fourth-order valence-corrected chi connectivity index (χ4v) is 4.30. The maximum Gasteiger partial charge on any atom is 0.249 e. The first-order valence-electron chi connectivity index (χ1n) is 9.10. The molecule has 2 aliphatic rings. The Bertz CT molecular complexity index is 643. The van der Waals surface area contributed by atoms with Gasteiger partial charge in [-0.3, -0.25) is 9.59 Å². The fraction of sp³-hybridized carbons (Fsp3) is 0.579. The predicted molar refractivity (Wildman–Crippen MR) is 99.5 cm³/mol. The van der Waals surface area contributed by atoms with Gasteiger partial charge in [-0.25, -0.2) is 0 Å². The first kappa shape index (κ1) is 18.2. The van der Waals surface area contributed by atoms with Gasteiger partial charge in [0.2, 0.25) is 11.8 Å². The van der Waals surface area contributed by atoms with Crippen molar-refractivity contribution in [2.24, 2.45) is 11.1 Å². The van der Waals surface area contributed by atoms with Crippen molar-refractivity contribution >= 4 is 29.1 Å². The van der Waals surface area contributed by atoms with Gasteiger partial charge < -0.3 is 16.0 Å². The van der Waals surface area contributed by atoms with Crippen molar-refractivity contribution in [1.29, 1.82) is 0 Å². The molecule has 1 unspecified atom stereocenters. The summed E-state index contributed by atoms with van der Waals surface area (Å²) in [5, 5.41) is 3.47. The number of halogens is 1. The van der Waals surface area contributed by atoms with Crippen LogP contribution < -0.4 is 16.0 Å². The number of nitrogens with one attached hydrogen (secondary N) is 1. The maximum absolute atomic E-state index is 12.7. The van der Waals surface area contributed by atoms with E-state index in [0.717, 1.165) is 25.7 Å². The molecule has 0 spiro atoms. The Hall–Kier alpha value is -1.59. The molecule has 5 nitrogen and oxygen atoms in total. The van der Waals surface area contributed by atoms with E-state index >= 15 is 0 Å². The molecule has 1 saturated heterocycles. The molecule has 1 aromatic carbocycles. The number of hydrogen-bond donors (Lipinski definition) is 2. The number of carbonyl (C=O) groups excluding carboxylic acids is 2. The Morgan fingerprint density at radius 3 is 2.68 bits per heavy atom. The molecule has 25 heavy (non-hydrogen) atoms. The molecule has 1 heterocycles. The molecule has 2 amide bonds. The lowest BCUT2D eigenvalue weighted by Crippen LogP contribution is -2.45. The summed E-state index contributed by atoms with van der Waals surface area (Å²) < 4.78 is 0. The van der Waals surface area contributed by atoms with Crippen molar-refractivity contribution in [2.45, 2.75) is 51.0 Å². The molecule has 0 radical (unpaired) electrons. The average Bonchev–Trinajstić information content (AvgIpc) is 2.96. The highest BCUT2D eigenvalue weighted by atomic mass is 35.5. The quantitative estimate of drug-likeness (QED) is 0.844. The van der Waals surface area contributed by atoms with Gasteiger partial charge in [0.15, 0.2) is 0 Å². The van der Waals surface area contributed by atoms with Gasteiger partial charge in [0.1, 0.15) is 6.04 Å². The van der Waals surface area contributed by atoms with Crippen LogP contribution in [0.15, 0.2) is 24.3 Å². The van der Waals surface area contributed by atoms with E-state index in [9.17, 15) is 9.59 Å². The smallest absolute Gasteiger partial charge is 0.249 e. The maximum atomic E-state index is 12.7. The Morgan fingerprint density at radius 2 is 2.00 bits per heavy atom. The van der Waals surface area contributed by atoms with E-state index in [0.29, 0.717) is 36.6 Å². The first-order chi connectivity index (χ1) is 12.0. The zero-order valence-electron chi connectivity index (χ0n) is 14.5. The second kappa shape index (κ2) is 7.75. The molecule has 1 atom stereocenters. The number of nitrogens with zero attached hydrogens (tertiary/aromatic N) is 1. The van der Waals surface area contributed by atoms with Crippen LogP contribution in [-0.2, 0) is 9.59 Å². The molecular formula is C19H26ClN3O2. The van der Waals surface area contributed by atoms with Crippen molar-refractivity contribution in [3.63, 3.8) is 0 Å². The Labute approximate surface area is 153 Å². The number of benzene rings is 1. The summed E-state index contributed by atoms with van der Waals surface area (Å²) in [6.07, 6.45) is 6.50. The third kappa shape index (κ3) is 3.98. The molecule has 3 N–H and O–H groups in total. The third-order valence-corrected chi connectivity index (χ3v) is 5.89. The Kier molecular flexibility index (Phi) is 5.64. The van der Waals surface area contributed by atoms with Crippen molar-refractivity contribution < 1.29 is 9.59 Å². The van der Waals surface area contributed by atoms with Gasteiger partial charge in [0, 0.05) is 13.0 Å². The second-order valence-electron chi connectivity index (χ2n) is 7.29. The molecule has 0 aromatic heterocycles. The number of nitrogens with two attached hydrogens (primary N) is 1. The van der Waals surface area contributed by atoms with E-state index in [2.05, 4.69) is 5.32 Å². The SMILES string of the molecule is NCC1(CC(=O)NC2CCN(c3ccccc3Cl)C2=O)CCCCC1. The van der Waals surface area contributed by atoms with E-state index < -0.39 is 6.04 Å². The molecule has 3 rings (SSSR count). The van der Waals surface area contributed by atoms with Crippen LogP contribution in [0, 0.1) is 5.41 Å². The van der Waals surface area contributed by atoms with Crippen LogP contribution in [0.5, 0.6) is 0 Å². The zero-order valence-corrected chi connectivity index (χ0v) is 15.2. The van der Waals surface area contributed by atoms with E-state index in [1.165, 1.54) is 6.42 Å². The number of hydrogen-bond acceptors (Lipinski definition) is 3. The summed E-state index contributed by atoms with van der Waals surface area (Å²) in [6.45, 7) is 1.10. The van der Waals surface area contributed by atoms with Gasteiger partial charge in [-0.2, -0.15) is 0 Å². The number of amides is 2. The summed E-state index contributed by atoms with van der Waals surface area (Å²) in [5.74, 6) is -0.154. The van der Waals surface area contributed by atoms with Crippen LogP contribution >= 0.6 is 11.6 Å². The summed E-state index contributed by atoms with van der Waals surface area (Å²) in [5.41, 5.74) is 6.58. The number of para-hydroxylation sites is 1. The van der Waals surface area contributed by atoms with Crippen molar-refractivity contribution in [3.8, 4) is 0 Å². The monoisotopic (exact) mass is 363 g/mol. The van der Waals surface area contributed by atoms with Crippen molar-refractivity contribution in [3.05, 3.63) is 29.3 Å². The molecule has 2 fully saturated rings. The van der Waals surface area contributed by atoms with E-state index in [1.54, 1.807) is 11.0 Å². The molecule has 136 valence electrons. The van der Waals surface area contributed by atoms with Crippen LogP contribution in [0.25, 0.3) is 0 Å². The van der Waals surface area contributed by atoms with E-state index in [-0.39, 0.29) is 17.2 Å². The van der Waals surface area contributed by atoms with Gasteiger partial charge >= 0.3 is 0 Å². The van der Waals surface area contributed by atoms with Gasteiger partial charge in [-0.1, -0.05) is 43.0 Å². The topological polar surface area (TPSA) is 75.4 Å². The summed E-state index contributed by atoms with van der Waals surface area (Å²) >= 11 is 6.19. The van der Waals surface area contributed by atoms with Gasteiger partial charge in [-0.15, -0.1) is 0 Å². The number of anilines is 1. The highest BCUT2D eigenvalue weighted by molar-refractivity contribution is 6.34. The molecule has 0 bridgehead atoms. The number of rotatable bonds is 5. The minimum atomic E-state index is -0.470. The van der Waals surface area contributed by atoms with E-state index in [1.807, 2.05) is 18.2 Å². The van der Waals surface area contributed by atoms with Gasteiger partial charge in [-0.05, 0) is 43.4 Å². The highest BCUT2D eigenvalue weighted by Crippen LogP contribution is 2.38. The van der Waals surface area contributed by atoms with Crippen LogP contribution in [0.4, 0.5) is 5.69 Å². The lowest BCUT2D eigenvalue weighted by Gasteiger charge is -2.35. The summed E-state index contributed by atoms with van der Waals surface area (Å²) in [7, 11) is 0. The minimum Gasteiger partial charge on any atom is -0.344 e. The minimum absolute atomic E-state index is 0.0632. The zero-order chi connectivity index (χ0) is 17.9. The van der Waals surface area contributed by atoms with Crippen LogP contribution in [-0.4, -0.2) is 30.9 Å². The largest absolute Gasteiger partial charge is 0.344 e. The lowest BCUT2D eigenvalue weighted by atomic mass is 9.71. The average molecular weight is 364 g/mol. The Balaban J connectivity index is 1.61. The molecule has 1 aliphatic heterocycles. The highest BCUT2D eigenvalue weighted by Gasteiger charge is 2.37. The number of carbonyl (C=O) groups is 2. The van der Waals surface area contributed by atoms with E-state index in [4.69, 9.17) is 17.3 Å². The Morgan fingerprint density at radius 1 is 1.28 bits per heavy atom. The molecule has 1 aliphatic carbocycles. The molecule has 1 aromatic rings. The van der Waals surface area contributed by atoms with Gasteiger partial charge in [0.25, 0.3) is 0 Å². The fourth-order valence-electron chi connectivity index (χ4n) is 4.06. The predicted octanol–water partition coefficient (Wildman–Crippen LogP) is 2.86. The summed E-state index contributed by atoms with van der Waals surface area (Å²) in [4.78, 5) is 26.8. The van der Waals surface area contributed by atoms with Gasteiger partial charge in [0.05, 0.1) is 10.7 Å². The third-order valence-electron chi connectivity index (χ3n) is 5.57. The van der Waals surface area contributed by atoms with Crippen molar-refractivity contribution in [1.82, 2.24) is 5.32 Å². The normalized spacial score (nSPS) is 22.9. The first-order valence-corrected chi connectivity index (χ1v) is 9.48. The standard InChI is InChI=1S/C19H26ClN3O2/c20-14-6-2-3-7-16(14)23-11-8-15(18(23)25)22-17(24)12-19(13-21)9-4-1-5-10-19/h2-3,6-7,15H,1,4-5,8-13,21H2,(H,22,24). The van der Waals surface area contributed by atoms with Crippen LogP contribution in [0.1, 0.15) is 44.9 Å². The molecule has 6 heteroatoms.